The molecule has 3 aromatic rings. The Morgan fingerprint density at radius 1 is 0.952 bits per heavy atom. The van der Waals surface area contributed by atoms with Crippen LogP contribution in [0.25, 0.3) is 10.8 Å². The summed E-state index contributed by atoms with van der Waals surface area (Å²) in [7, 11) is 0. The molecule has 0 aliphatic heterocycles. The minimum Gasteiger partial charge on any atom is -0.457 e. The molecule has 3 rings (SSSR count). The van der Waals surface area contributed by atoms with E-state index in [-0.39, 0.29) is 0 Å². The molecular weight excluding hydrogens is 348 g/mol. The average molecular weight is 362 g/mol. The zero-order valence-electron chi connectivity index (χ0n) is 11.6. The second kappa shape index (κ2) is 6.08. The molecular formula is C18H14BrClO. The number of ether oxygens (including phenoxy) is 1. The number of fused-ring (bicyclic) bond motifs is 1. The first kappa shape index (κ1) is 14.4. The summed E-state index contributed by atoms with van der Waals surface area (Å²) in [5.41, 5.74) is 2.19. The first-order valence-corrected chi connectivity index (χ1v) is 8.01. The third kappa shape index (κ3) is 3.22. The van der Waals surface area contributed by atoms with Gasteiger partial charge in [-0.15, -0.1) is 11.6 Å². The lowest BCUT2D eigenvalue weighted by Crippen LogP contribution is -1.89. The molecule has 0 bridgehead atoms. The van der Waals surface area contributed by atoms with Crippen LogP contribution in [0.5, 0.6) is 11.5 Å². The average Bonchev–Trinajstić information content (AvgIpc) is 2.49. The summed E-state index contributed by atoms with van der Waals surface area (Å²) >= 11 is 9.33. The van der Waals surface area contributed by atoms with Gasteiger partial charge in [0.1, 0.15) is 11.5 Å². The fourth-order valence-corrected chi connectivity index (χ4v) is 2.84. The molecule has 0 saturated carbocycles. The highest BCUT2D eigenvalue weighted by atomic mass is 79.9. The molecule has 3 aromatic carbocycles. The van der Waals surface area contributed by atoms with E-state index in [1.807, 2.05) is 31.2 Å². The monoisotopic (exact) mass is 360 g/mol. The maximum absolute atomic E-state index is 5.99. The van der Waals surface area contributed by atoms with Gasteiger partial charge in [0.2, 0.25) is 0 Å². The van der Waals surface area contributed by atoms with Crippen molar-refractivity contribution in [3.63, 3.8) is 0 Å². The molecule has 0 unspecified atom stereocenters. The quantitative estimate of drug-likeness (QED) is 0.488. The molecule has 0 fully saturated rings. The number of hydrogen-bond donors (Lipinski definition) is 0. The Balaban J connectivity index is 1.92. The summed E-state index contributed by atoms with van der Waals surface area (Å²) in [6, 6.07) is 18.3. The lowest BCUT2D eigenvalue weighted by Gasteiger charge is -2.10. The van der Waals surface area contributed by atoms with Crippen LogP contribution in [0.1, 0.15) is 11.1 Å². The van der Waals surface area contributed by atoms with Gasteiger partial charge >= 0.3 is 0 Å². The normalized spacial score (nSPS) is 10.8. The third-order valence-corrected chi connectivity index (χ3v) is 4.20. The highest BCUT2D eigenvalue weighted by Gasteiger charge is 2.04. The van der Waals surface area contributed by atoms with Gasteiger partial charge in [0.25, 0.3) is 0 Å². The summed E-state index contributed by atoms with van der Waals surface area (Å²) in [6.45, 7) is 2.03. The predicted octanol–water partition coefficient (Wildman–Crippen LogP) is 6.44. The van der Waals surface area contributed by atoms with Crippen LogP contribution in [0.2, 0.25) is 0 Å². The lowest BCUT2D eigenvalue weighted by atomic mass is 10.1. The van der Waals surface area contributed by atoms with Crippen molar-refractivity contribution < 1.29 is 4.74 Å². The summed E-state index contributed by atoms with van der Waals surface area (Å²) in [5, 5.41) is 2.34. The fraction of sp³-hybridized carbons (Fsp3) is 0.111. The number of alkyl halides is 1. The SMILES string of the molecule is Cc1cc(CCl)ccc1Oc1ccc2cc(Br)ccc2c1. The van der Waals surface area contributed by atoms with E-state index in [2.05, 4.69) is 46.3 Å². The van der Waals surface area contributed by atoms with Gasteiger partial charge in [0.05, 0.1) is 0 Å². The molecule has 1 nitrogen and oxygen atoms in total. The van der Waals surface area contributed by atoms with Crippen molar-refractivity contribution in [1.82, 2.24) is 0 Å². The van der Waals surface area contributed by atoms with Crippen molar-refractivity contribution in [3.8, 4) is 11.5 Å². The zero-order chi connectivity index (χ0) is 14.8. The van der Waals surface area contributed by atoms with Crippen LogP contribution < -0.4 is 4.74 Å². The molecule has 0 radical (unpaired) electrons. The second-order valence-corrected chi connectivity index (χ2v) is 6.17. The molecule has 0 atom stereocenters. The molecule has 21 heavy (non-hydrogen) atoms. The molecule has 0 aromatic heterocycles. The first-order chi connectivity index (χ1) is 10.2. The standard InChI is InChI=1S/C18H14BrClO/c1-12-8-13(11-20)2-7-18(12)21-17-6-4-14-9-16(19)5-3-15(14)10-17/h2-10H,11H2,1H3. The van der Waals surface area contributed by atoms with E-state index in [4.69, 9.17) is 16.3 Å². The first-order valence-electron chi connectivity index (χ1n) is 6.68. The number of rotatable bonds is 3. The van der Waals surface area contributed by atoms with Crippen LogP contribution in [0, 0.1) is 6.92 Å². The highest BCUT2D eigenvalue weighted by molar-refractivity contribution is 9.10. The predicted molar refractivity (Wildman–Crippen MR) is 92.5 cm³/mol. The topological polar surface area (TPSA) is 9.23 Å². The number of aryl methyl sites for hydroxylation is 1. The van der Waals surface area contributed by atoms with Crippen LogP contribution in [0.4, 0.5) is 0 Å². The smallest absolute Gasteiger partial charge is 0.130 e. The van der Waals surface area contributed by atoms with Gasteiger partial charge in [-0.1, -0.05) is 40.2 Å². The Kier molecular flexibility index (Phi) is 4.18. The Morgan fingerprint density at radius 3 is 2.48 bits per heavy atom. The number of hydrogen-bond acceptors (Lipinski definition) is 1. The van der Waals surface area contributed by atoms with Gasteiger partial charge in [0.15, 0.2) is 0 Å². The van der Waals surface area contributed by atoms with Gasteiger partial charge < -0.3 is 4.74 Å². The van der Waals surface area contributed by atoms with Gasteiger partial charge in [-0.3, -0.25) is 0 Å². The minimum atomic E-state index is 0.520. The minimum absolute atomic E-state index is 0.520. The van der Waals surface area contributed by atoms with E-state index < -0.39 is 0 Å². The number of halogens is 2. The van der Waals surface area contributed by atoms with Crippen LogP contribution in [0.15, 0.2) is 59.1 Å². The van der Waals surface area contributed by atoms with Gasteiger partial charge in [-0.2, -0.15) is 0 Å². The van der Waals surface area contributed by atoms with Crippen molar-refractivity contribution in [2.45, 2.75) is 12.8 Å². The van der Waals surface area contributed by atoms with Crippen LogP contribution in [0.3, 0.4) is 0 Å². The Bertz CT molecular complexity index is 798. The van der Waals surface area contributed by atoms with E-state index in [0.29, 0.717) is 5.88 Å². The molecule has 106 valence electrons. The van der Waals surface area contributed by atoms with Crippen molar-refractivity contribution in [1.29, 1.82) is 0 Å². The Hall–Kier alpha value is -1.51. The number of benzene rings is 3. The van der Waals surface area contributed by atoms with Crippen molar-refractivity contribution in [2.24, 2.45) is 0 Å². The van der Waals surface area contributed by atoms with Crippen molar-refractivity contribution in [2.75, 3.05) is 0 Å². The Morgan fingerprint density at radius 2 is 1.71 bits per heavy atom. The van der Waals surface area contributed by atoms with Gasteiger partial charge in [0, 0.05) is 10.4 Å². The third-order valence-electron chi connectivity index (χ3n) is 3.40. The van der Waals surface area contributed by atoms with E-state index in [0.717, 1.165) is 32.5 Å². The Labute approximate surface area is 137 Å². The van der Waals surface area contributed by atoms with Crippen molar-refractivity contribution in [3.05, 3.63) is 70.2 Å². The van der Waals surface area contributed by atoms with Crippen LogP contribution in [-0.2, 0) is 5.88 Å². The van der Waals surface area contributed by atoms with Gasteiger partial charge in [-0.25, -0.2) is 0 Å². The molecule has 0 spiro atoms. The molecule has 0 aliphatic carbocycles. The molecule has 0 aliphatic rings. The summed E-state index contributed by atoms with van der Waals surface area (Å²) < 4.78 is 7.07. The molecule has 3 heteroatoms. The van der Waals surface area contributed by atoms with E-state index >= 15 is 0 Å². The highest BCUT2D eigenvalue weighted by Crippen LogP contribution is 2.29. The molecule has 0 amide bonds. The second-order valence-electron chi connectivity index (χ2n) is 4.99. The largest absolute Gasteiger partial charge is 0.457 e. The van der Waals surface area contributed by atoms with Crippen molar-refractivity contribution >= 4 is 38.3 Å². The lowest BCUT2D eigenvalue weighted by molar-refractivity contribution is 0.479. The maximum atomic E-state index is 5.99. The maximum Gasteiger partial charge on any atom is 0.130 e. The molecule has 0 heterocycles. The summed E-state index contributed by atoms with van der Waals surface area (Å²) in [4.78, 5) is 0. The summed E-state index contributed by atoms with van der Waals surface area (Å²) in [6.07, 6.45) is 0. The van der Waals surface area contributed by atoms with Crippen LogP contribution in [-0.4, -0.2) is 0 Å². The van der Waals surface area contributed by atoms with E-state index in [1.54, 1.807) is 0 Å². The molecule has 0 N–H and O–H groups in total. The molecule has 0 saturated heterocycles. The summed E-state index contributed by atoms with van der Waals surface area (Å²) in [5.74, 6) is 2.22. The zero-order valence-corrected chi connectivity index (χ0v) is 13.9. The fourth-order valence-electron chi connectivity index (χ4n) is 2.29. The van der Waals surface area contributed by atoms with Gasteiger partial charge in [-0.05, 0) is 59.2 Å². The van der Waals surface area contributed by atoms with E-state index in [9.17, 15) is 0 Å². The van der Waals surface area contributed by atoms with E-state index in [1.165, 1.54) is 5.39 Å². The van der Waals surface area contributed by atoms with Crippen LogP contribution >= 0.6 is 27.5 Å².